The van der Waals surface area contributed by atoms with Crippen molar-refractivity contribution in [2.45, 2.75) is 26.8 Å². The number of nitrogens with zero attached hydrogens (tertiary/aromatic N) is 8. The molecule has 4 aromatic carbocycles. The molecule has 0 atom stereocenters. The first-order chi connectivity index (χ1) is 27.3. The highest BCUT2D eigenvalue weighted by Gasteiger charge is 2.31. The Balaban J connectivity index is 0.000000174. The average Bonchev–Trinajstić information content (AvgIpc) is 3.67. The average molecular weight is 822 g/mol. The van der Waals surface area contributed by atoms with Crippen LogP contribution in [0, 0.1) is 13.8 Å². The van der Waals surface area contributed by atoms with Gasteiger partial charge in [0.1, 0.15) is 23.1 Å². The normalized spacial score (nSPS) is 11.4. The molecular weight excluding hydrogens is 794 g/mol. The molecule has 0 spiro atoms. The van der Waals surface area contributed by atoms with Crippen molar-refractivity contribution < 1.29 is 31.4 Å². The summed E-state index contributed by atoms with van der Waals surface area (Å²) in [6.07, 6.45) is 1.54. The number of rotatable bonds is 9. The van der Waals surface area contributed by atoms with Gasteiger partial charge in [-0.3, -0.25) is 19.1 Å². The number of nitrogens with one attached hydrogen (secondary N) is 2. The van der Waals surface area contributed by atoms with Crippen LogP contribution < -0.4 is 20.1 Å². The molecule has 0 saturated carbocycles. The lowest BCUT2D eigenvalue weighted by molar-refractivity contribution is -0.274. The predicted molar refractivity (Wildman–Crippen MR) is 206 cm³/mol. The van der Waals surface area contributed by atoms with Crippen LogP contribution in [0.1, 0.15) is 11.6 Å². The minimum Gasteiger partial charge on any atom is -0.435 e. The maximum Gasteiger partial charge on any atom is 0.573 e. The SMILES string of the molecule is Cc1nc2ccc(Cl)cc2n1-c1cncc(Nc2ccc(OC(F)(F)F)cc2)n1.Cc1nc2ccc(Cl)cc2n1-c1cncc(Nc2ccc(OC(F)F)cc2)n1. The van der Waals surface area contributed by atoms with Crippen LogP contribution in [0.2, 0.25) is 10.0 Å². The second-order valence-electron chi connectivity index (χ2n) is 12.0. The van der Waals surface area contributed by atoms with Gasteiger partial charge in [-0.2, -0.15) is 8.78 Å². The Hall–Kier alpha value is -6.59. The summed E-state index contributed by atoms with van der Waals surface area (Å²) in [5.74, 6) is 3.23. The number of ether oxygens (including phenoxy) is 2. The summed E-state index contributed by atoms with van der Waals surface area (Å²) in [7, 11) is 0. The van der Waals surface area contributed by atoms with Gasteiger partial charge >= 0.3 is 13.0 Å². The molecule has 8 rings (SSSR count). The number of benzene rings is 4. The van der Waals surface area contributed by atoms with Gasteiger partial charge in [0.15, 0.2) is 23.3 Å². The van der Waals surface area contributed by atoms with Gasteiger partial charge in [0.25, 0.3) is 0 Å². The van der Waals surface area contributed by atoms with E-state index in [1.165, 1.54) is 42.6 Å². The van der Waals surface area contributed by atoms with Crippen molar-refractivity contribution in [1.82, 2.24) is 39.0 Å². The van der Waals surface area contributed by atoms with Crippen LogP contribution in [0.5, 0.6) is 11.5 Å². The van der Waals surface area contributed by atoms with E-state index >= 15 is 0 Å². The molecule has 0 bridgehead atoms. The summed E-state index contributed by atoms with van der Waals surface area (Å²) < 4.78 is 73.2. The first kappa shape index (κ1) is 38.7. The molecule has 12 nitrogen and oxygen atoms in total. The quantitative estimate of drug-likeness (QED) is 0.136. The van der Waals surface area contributed by atoms with Gasteiger partial charge in [-0.05, 0) is 98.8 Å². The molecule has 19 heteroatoms. The van der Waals surface area contributed by atoms with Crippen molar-refractivity contribution in [2.75, 3.05) is 10.6 Å². The number of halogens is 7. The summed E-state index contributed by atoms with van der Waals surface area (Å²) in [6.45, 7) is 0.857. The molecule has 57 heavy (non-hydrogen) atoms. The Kier molecular flexibility index (Phi) is 11.0. The molecule has 0 amide bonds. The Morgan fingerprint density at radius 2 is 1.04 bits per heavy atom. The number of hydrogen-bond donors (Lipinski definition) is 2. The highest BCUT2D eigenvalue weighted by Crippen LogP contribution is 2.28. The smallest absolute Gasteiger partial charge is 0.435 e. The fourth-order valence-electron chi connectivity index (χ4n) is 5.72. The van der Waals surface area contributed by atoms with Gasteiger partial charge in [0.05, 0.1) is 46.9 Å². The summed E-state index contributed by atoms with van der Waals surface area (Å²) in [5.41, 5.74) is 4.37. The molecule has 290 valence electrons. The van der Waals surface area contributed by atoms with Crippen LogP contribution in [-0.2, 0) is 0 Å². The van der Waals surface area contributed by atoms with Gasteiger partial charge in [-0.15, -0.1) is 13.2 Å². The van der Waals surface area contributed by atoms with Crippen molar-refractivity contribution >= 4 is 68.3 Å². The van der Waals surface area contributed by atoms with Crippen LogP contribution >= 0.6 is 23.2 Å². The van der Waals surface area contributed by atoms with Crippen molar-refractivity contribution in [1.29, 1.82) is 0 Å². The third-order valence-electron chi connectivity index (χ3n) is 7.98. The van der Waals surface area contributed by atoms with Crippen LogP contribution in [0.4, 0.5) is 45.0 Å². The fourth-order valence-corrected chi connectivity index (χ4v) is 6.05. The third kappa shape index (κ3) is 9.45. The van der Waals surface area contributed by atoms with Crippen LogP contribution in [0.15, 0.2) is 110 Å². The zero-order valence-electron chi connectivity index (χ0n) is 29.5. The molecule has 2 N–H and O–H groups in total. The van der Waals surface area contributed by atoms with Crippen LogP contribution in [0.25, 0.3) is 33.7 Å². The van der Waals surface area contributed by atoms with Crippen molar-refractivity contribution in [3.05, 3.63) is 131 Å². The Morgan fingerprint density at radius 1 is 0.596 bits per heavy atom. The molecule has 0 fully saturated rings. The van der Waals surface area contributed by atoms with Gasteiger partial charge in [0.2, 0.25) is 0 Å². The summed E-state index contributed by atoms with van der Waals surface area (Å²) >= 11 is 12.2. The Bertz CT molecular complexity index is 2670. The van der Waals surface area contributed by atoms with E-state index in [1.54, 1.807) is 48.9 Å². The van der Waals surface area contributed by atoms with E-state index < -0.39 is 13.0 Å². The number of fused-ring (bicyclic) bond motifs is 2. The van der Waals surface area contributed by atoms with Gasteiger partial charge in [-0.25, -0.2) is 19.9 Å². The third-order valence-corrected chi connectivity index (χ3v) is 8.45. The minimum atomic E-state index is -4.73. The second kappa shape index (κ2) is 16.3. The molecule has 0 aliphatic carbocycles. The van der Waals surface area contributed by atoms with Gasteiger partial charge in [0, 0.05) is 21.4 Å². The number of aromatic nitrogens is 8. The molecule has 8 aromatic rings. The highest BCUT2D eigenvalue weighted by atomic mass is 35.5. The monoisotopic (exact) mass is 820 g/mol. The number of imidazole rings is 2. The maximum absolute atomic E-state index is 12.3. The number of aryl methyl sites for hydroxylation is 2. The van der Waals surface area contributed by atoms with E-state index in [1.807, 2.05) is 41.2 Å². The van der Waals surface area contributed by atoms with E-state index in [0.29, 0.717) is 50.5 Å². The maximum atomic E-state index is 12.3. The fraction of sp³-hybridized carbons (Fsp3) is 0.105. The molecule has 0 aliphatic rings. The van der Waals surface area contributed by atoms with Crippen molar-refractivity contribution in [3.63, 3.8) is 0 Å². The first-order valence-corrected chi connectivity index (χ1v) is 17.4. The molecule has 4 aromatic heterocycles. The van der Waals surface area contributed by atoms with Gasteiger partial charge in [-0.1, -0.05) is 23.2 Å². The second-order valence-corrected chi connectivity index (χ2v) is 12.9. The summed E-state index contributed by atoms with van der Waals surface area (Å²) in [5, 5.41) is 7.26. The zero-order valence-corrected chi connectivity index (χ0v) is 31.0. The summed E-state index contributed by atoms with van der Waals surface area (Å²) in [4.78, 5) is 26.5. The standard InChI is InChI=1S/C19H13ClF3N5O.C19H14ClF2N5O/c1-11-25-15-7-2-12(20)8-16(15)28(11)18-10-24-9-17(27-18)26-13-3-5-14(6-4-13)29-19(21,22)23;1-11-24-15-7-2-12(20)8-16(15)27(11)18-10-23-9-17(26-18)25-13-3-5-14(6-4-13)28-19(21)22/h2-10H,1H3,(H,26,27);2-10,19H,1H3,(H,25,26). The predicted octanol–water partition coefficient (Wildman–Crippen LogP) is 10.5. The van der Waals surface area contributed by atoms with E-state index in [2.05, 4.69) is 50.0 Å². The first-order valence-electron chi connectivity index (χ1n) is 16.7. The number of hydrogen-bond acceptors (Lipinski definition) is 10. The van der Waals surface area contributed by atoms with Crippen molar-refractivity contribution in [3.8, 4) is 23.1 Å². The van der Waals surface area contributed by atoms with Gasteiger partial charge < -0.3 is 20.1 Å². The molecular formula is C38H27Cl2F5N10O2. The van der Waals surface area contributed by atoms with E-state index in [4.69, 9.17) is 23.2 Å². The lowest BCUT2D eigenvalue weighted by Crippen LogP contribution is -2.16. The zero-order chi connectivity index (χ0) is 40.3. The topological polar surface area (TPSA) is 130 Å². The van der Waals surface area contributed by atoms with E-state index in [0.717, 1.165) is 27.9 Å². The number of anilines is 4. The van der Waals surface area contributed by atoms with Crippen molar-refractivity contribution in [2.24, 2.45) is 0 Å². The Morgan fingerprint density at radius 3 is 1.46 bits per heavy atom. The Labute approximate surface area is 329 Å². The molecule has 0 unspecified atom stereocenters. The minimum absolute atomic E-state index is 0.0813. The number of alkyl halides is 5. The lowest BCUT2D eigenvalue weighted by atomic mass is 10.3. The summed E-state index contributed by atoms with van der Waals surface area (Å²) in [6, 6.07) is 22.3. The molecule has 4 heterocycles. The van der Waals surface area contributed by atoms with Crippen LogP contribution in [0.3, 0.4) is 0 Å². The molecule has 0 saturated heterocycles. The molecule has 0 aliphatic heterocycles. The van der Waals surface area contributed by atoms with E-state index in [-0.39, 0.29) is 11.5 Å². The van der Waals surface area contributed by atoms with E-state index in [9.17, 15) is 22.0 Å². The lowest BCUT2D eigenvalue weighted by Gasteiger charge is -2.11. The highest BCUT2D eigenvalue weighted by molar-refractivity contribution is 6.31. The molecule has 0 radical (unpaired) electrons. The largest absolute Gasteiger partial charge is 0.573 e. The van der Waals surface area contributed by atoms with Crippen LogP contribution in [-0.4, -0.2) is 52.0 Å².